The van der Waals surface area contributed by atoms with Crippen molar-refractivity contribution >= 4 is 17.5 Å². The molecule has 3 aromatic rings. The van der Waals surface area contributed by atoms with Crippen LogP contribution in [-0.4, -0.2) is 15.8 Å². The molecule has 3 rings (SSSR count). The van der Waals surface area contributed by atoms with Crippen molar-refractivity contribution < 1.29 is 4.79 Å². The van der Waals surface area contributed by atoms with Gasteiger partial charge in [-0.3, -0.25) is 5.32 Å². The number of carbonyl (C=O) groups is 1. The molecule has 1 aromatic heterocycles. The van der Waals surface area contributed by atoms with Gasteiger partial charge in [0.25, 0.3) is 0 Å². The number of para-hydroxylation sites is 2. The molecule has 0 unspecified atom stereocenters. The van der Waals surface area contributed by atoms with Crippen molar-refractivity contribution in [1.82, 2.24) is 9.78 Å². The number of urea groups is 1. The van der Waals surface area contributed by atoms with Gasteiger partial charge in [-0.1, -0.05) is 64.1 Å². The van der Waals surface area contributed by atoms with Gasteiger partial charge in [-0.25, -0.2) is 9.48 Å². The van der Waals surface area contributed by atoms with Crippen molar-refractivity contribution in [2.45, 2.75) is 39.5 Å². The van der Waals surface area contributed by atoms with Crippen LogP contribution in [0.15, 0.2) is 60.7 Å². The van der Waals surface area contributed by atoms with Crippen molar-refractivity contribution in [3.63, 3.8) is 0 Å². The van der Waals surface area contributed by atoms with E-state index in [1.807, 2.05) is 59.3 Å². The summed E-state index contributed by atoms with van der Waals surface area (Å²) in [6.45, 7) is 8.44. The molecule has 2 N–H and O–H groups in total. The minimum Gasteiger partial charge on any atom is -0.308 e. The highest BCUT2D eigenvalue weighted by atomic mass is 16.2. The Morgan fingerprint density at radius 2 is 1.67 bits per heavy atom. The molecule has 0 bridgehead atoms. The second kappa shape index (κ2) is 7.66. The fraction of sp³-hybridized carbons (Fsp3) is 0.273. The molecule has 1 heterocycles. The van der Waals surface area contributed by atoms with E-state index in [-0.39, 0.29) is 11.4 Å². The Hall–Kier alpha value is -3.08. The van der Waals surface area contributed by atoms with Gasteiger partial charge in [-0.2, -0.15) is 5.10 Å². The zero-order valence-electron chi connectivity index (χ0n) is 16.3. The summed E-state index contributed by atoms with van der Waals surface area (Å²) in [5, 5.41) is 10.6. The molecule has 2 aromatic carbocycles. The van der Waals surface area contributed by atoms with Crippen molar-refractivity contribution in [2.24, 2.45) is 0 Å². The maximum absolute atomic E-state index is 12.5. The van der Waals surface area contributed by atoms with Crippen LogP contribution in [0.3, 0.4) is 0 Å². The SMILES string of the molecule is CCc1ccccc1-n1nc(C(C)(C)C)cc1NC(=O)Nc1ccccc1. The molecule has 0 spiro atoms. The van der Waals surface area contributed by atoms with Crippen molar-refractivity contribution in [1.29, 1.82) is 0 Å². The third-order valence-electron chi connectivity index (χ3n) is 4.35. The zero-order valence-corrected chi connectivity index (χ0v) is 16.3. The van der Waals surface area contributed by atoms with Gasteiger partial charge in [-0.05, 0) is 30.2 Å². The Bertz CT molecular complexity index is 923. The first-order valence-corrected chi connectivity index (χ1v) is 9.20. The predicted octanol–water partition coefficient (Wildman–Crippen LogP) is 5.38. The van der Waals surface area contributed by atoms with Crippen molar-refractivity contribution in [3.05, 3.63) is 71.9 Å². The van der Waals surface area contributed by atoms with Crippen LogP contribution in [0.25, 0.3) is 5.69 Å². The Morgan fingerprint density at radius 1 is 1.00 bits per heavy atom. The molecule has 0 saturated heterocycles. The van der Waals surface area contributed by atoms with E-state index in [0.717, 1.165) is 23.5 Å². The van der Waals surface area contributed by atoms with E-state index in [0.29, 0.717) is 5.82 Å². The Labute approximate surface area is 160 Å². The number of aryl methyl sites for hydroxylation is 1. The summed E-state index contributed by atoms with van der Waals surface area (Å²) in [6, 6.07) is 19.1. The number of nitrogens with zero attached hydrogens (tertiary/aromatic N) is 2. The number of aromatic nitrogens is 2. The molecule has 5 heteroatoms. The summed E-state index contributed by atoms with van der Waals surface area (Å²) in [5.74, 6) is 0.647. The van der Waals surface area contributed by atoms with E-state index in [9.17, 15) is 4.79 Å². The van der Waals surface area contributed by atoms with Gasteiger partial charge < -0.3 is 5.32 Å². The molecule has 0 atom stereocenters. The molecule has 0 aliphatic rings. The maximum Gasteiger partial charge on any atom is 0.324 e. The standard InChI is InChI=1S/C22H26N4O/c1-5-16-11-9-10-14-18(16)26-20(15-19(25-26)22(2,3)4)24-21(27)23-17-12-7-6-8-13-17/h6-15H,5H2,1-4H3,(H2,23,24,27). The maximum atomic E-state index is 12.5. The number of hydrogen-bond acceptors (Lipinski definition) is 2. The number of amides is 2. The average molecular weight is 362 g/mol. The number of nitrogens with one attached hydrogen (secondary N) is 2. The van der Waals surface area contributed by atoms with Crippen LogP contribution in [0.2, 0.25) is 0 Å². The molecule has 0 radical (unpaired) electrons. The second-order valence-corrected chi connectivity index (χ2v) is 7.50. The smallest absolute Gasteiger partial charge is 0.308 e. The topological polar surface area (TPSA) is 59.0 Å². The molecule has 2 amide bonds. The molecule has 5 nitrogen and oxygen atoms in total. The van der Waals surface area contributed by atoms with Crippen LogP contribution in [0, 0.1) is 0 Å². The summed E-state index contributed by atoms with van der Waals surface area (Å²) in [4.78, 5) is 12.5. The third kappa shape index (κ3) is 4.37. The number of anilines is 2. The van der Waals surface area contributed by atoms with E-state index in [1.54, 1.807) is 0 Å². The number of hydrogen-bond donors (Lipinski definition) is 2. The van der Waals surface area contributed by atoms with E-state index >= 15 is 0 Å². The van der Waals surface area contributed by atoms with Gasteiger partial charge in [0.15, 0.2) is 0 Å². The summed E-state index contributed by atoms with van der Waals surface area (Å²) in [5.41, 5.74) is 3.69. The largest absolute Gasteiger partial charge is 0.324 e. The quantitative estimate of drug-likeness (QED) is 0.655. The third-order valence-corrected chi connectivity index (χ3v) is 4.35. The van der Waals surface area contributed by atoms with Gasteiger partial charge in [0.1, 0.15) is 5.82 Å². The lowest BCUT2D eigenvalue weighted by Gasteiger charge is -2.14. The fourth-order valence-corrected chi connectivity index (χ4v) is 2.84. The molecular formula is C22H26N4O. The first kappa shape index (κ1) is 18.7. The summed E-state index contributed by atoms with van der Waals surface area (Å²) < 4.78 is 1.82. The molecule has 27 heavy (non-hydrogen) atoms. The predicted molar refractivity (Wildman–Crippen MR) is 111 cm³/mol. The van der Waals surface area contributed by atoms with E-state index < -0.39 is 0 Å². The van der Waals surface area contributed by atoms with Crippen LogP contribution < -0.4 is 10.6 Å². The van der Waals surface area contributed by atoms with Crippen LogP contribution in [0.4, 0.5) is 16.3 Å². The molecule has 0 saturated carbocycles. The van der Waals surface area contributed by atoms with E-state index in [2.05, 4.69) is 44.4 Å². The number of rotatable bonds is 4. The lowest BCUT2D eigenvalue weighted by Crippen LogP contribution is -2.21. The lowest BCUT2D eigenvalue weighted by atomic mass is 9.92. The van der Waals surface area contributed by atoms with Crippen LogP contribution in [-0.2, 0) is 11.8 Å². The first-order valence-electron chi connectivity index (χ1n) is 9.20. The van der Waals surface area contributed by atoms with E-state index in [1.165, 1.54) is 5.56 Å². The monoisotopic (exact) mass is 362 g/mol. The van der Waals surface area contributed by atoms with Crippen LogP contribution in [0.5, 0.6) is 0 Å². The normalized spacial score (nSPS) is 11.3. The fourth-order valence-electron chi connectivity index (χ4n) is 2.84. The average Bonchev–Trinajstić information content (AvgIpc) is 3.06. The van der Waals surface area contributed by atoms with Gasteiger partial charge in [0.2, 0.25) is 0 Å². The lowest BCUT2D eigenvalue weighted by molar-refractivity contribution is 0.262. The molecular weight excluding hydrogens is 336 g/mol. The molecule has 0 aliphatic carbocycles. The van der Waals surface area contributed by atoms with Gasteiger partial charge in [-0.15, -0.1) is 0 Å². The summed E-state index contributed by atoms with van der Waals surface area (Å²) >= 11 is 0. The highest BCUT2D eigenvalue weighted by Crippen LogP contribution is 2.27. The van der Waals surface area contributed by atoms with Crippen molar-refractivity contribution in [2.75, 3.05) is 10.6 Å². The summed E-state index contributed by atoms with van der Waals surface area (Å²) in [6.07, 6.45) is 0.885. The second-order valence-electron chi connectivity index (χ2n) is 7.50. The number of carbonyl (C=O) groups excluding carboxylic acids is 1. The zero-order chi connectivity index (χ0) is 19.4. The minimum absolute atomic E-state index is 0.126. The first-order chi connectivity index (χ1) is 12.9. The molecule has 0 aliphatic heterocycles. The molecule has 140 valence electrons. The van der Waals surface area contributed by atoms with Crippen molar-refractivity contribution in [3.8, 4) is 5.69 Å². The number of benzene rings is 2. The van der Waals surface area contributed by atoms with Gasteiger partial charge in [0, 0.05) is 17.2 Å². The van der Waals surface area contributed by atoms with Gasteiger partial charge in [0.05, 0.1) is 11.4 Å². The van der Waals surface area contributed by atoms with E-state index in [4.69, 9.17) is 5.10 Å². The highest BCUT2D eigenvalue weighted by Gasteiger charge is 2.22. The minimum atomic E-state index is -0.295. The van der Waals surface area contributed by atoms with Crippen LogP contribution >= 0.6 is 0 Å². The molecule has 0 fully saturated rings. The Kier molecular flexibility index (Phi) is 5.31. The summed E-state index contributed by atoms with van der Waals surface area (Å²) in [7, 11) is 0. The highest BCUT2D eigenvalue weighted by molar-refractivity contribution is 5.99. The Balaban J connectivity index is 1.96. The van der Waals surface area contributed by atoms with Gasteiger partial charge >= 0.3 is 6.03 Å². The van der Waals surface area contributed by atoms with Crippen LogP contribution in [0.1, 0.15) is 39.0 Å². The Morgan fingerprint density at radius 3 is 2.33 bits per heavy atom.